The van der Waals surface area contributed by atoms with E-state index in [0.29, 0.717) is 27.7 Å². The lowest BCUT2D eigenvalue weighted by Crippen LogP contribution is -2.44. The van der Waals surface area contributed by atoms with E-state index in [1.54, 1.807) is 42.5 Å². The van der Waals surface area contributed by atoms with Crippen LogP contribution in [0.15, 0.2) is 72.8 Å². The van der Waals surface area contributed by atoms with Gasteiger partial charge < -0.3 is 10.1 Å². The summed E-state index contributed by atoms with van der Waals surface area (Å²) in [6, 6.07) is 21.3. The van der Waals surface area contributed by atoms with Crippen LogP contribution in [0, 0.1) is 5.92 Å². The van der Waals surface area contributed by atoms with Crippen LogP contribution in [0.2, 0.25) is 0 Å². The molecule has 1 aliphatic heterocycles. The molecule has 9 heteroatoms. The molecule has 1 fully saturated rings. The molecule has 0 spiro atoms. The largest absolute Gasteiger partial charge is 0.363 e. The first-order chi connectivity index (χ1) is 16.8. The summed E-state index contributed by atoms with van der Waals surface area (Å²) < 4.78 is 26.4. The van der Waals surface area contributed by atoms with E-state index in [-0.39, 0.29) is 18.4 Å². The fourth-order valence-electron chi connectivity index (χ4n) is 4.66. The number of fused-ring (bicyclic) bond motifs is 2. The number of alkyl halides is 2. The third-order valence-electron chi connectivity index (χ3n) is 6.62. The highest BCUT2D eigenvalue weighted by molar-refractivity contribution is 6.00. The highest BCUT2D eigenvalue weighted by Crippen LogP contribution is 2.49. The van der Waals surface area contributed by atoms with Gasteiger partial charge in [0.1, 0.15) is 5.92 Å². The molecule has 2 atom stereocenters. The Labute approximate surface area is 198 Å². The summed E-state index contributed by atoms with van der Waals surface area (Å²) in [5.74, 6) is -5.37. The molecule has 2 amide bonds. The number of hydrogen-bond donors (Lipinski definition) is 3. The van der Waals surface area contributed by atoms with Crippen molar-refractivity contribution in [1.29, 1.82) is 0 Å². The Hall–Kier alpha value is -4.11. The van der Waals surface area contributed by atoms with Gasteiger partial charge in [0.15, 0.2) is 5.72 Å². The van der Waals surface area contributed by atoms with Crippen LogP contribution < -0.4 is 5.32 Å². The Balaban J connectivity index is 1.38. The number of nitrogens with one attached hydrogen (secondary N) is 2. The number of anilines is 1. The molecular formula is C26H20F2N4O3. The lowest BCUT2D eigenvalue weighted by Gasteiger charge is -2.35. The smallest absolute Gasteiger partial charge is 0.260 e. The predicted molar refractivity (Wildman–Crippen MR) is 124 cm³/mol. The third kappa shape index (κ3) is 3.38. The van der Waals surface area contributed by atoms with E-state index in [1.165, 1.54) is 4.90 Å². The first-order valence-electron chi connectivity index (χ1n) is 11.1. The average Bonchev–Trinajstić information content (AvgIpc) is 3.23. The van der Waals surface area contributed by atoms with Gasteiger partial charge in [-0.15, -0.1) is 0 Å². The number of aromatic amines is 1. The summed E-state index contributed by atoms with van der Waals surface area (Å²) >= 11 is 0. The molecule has 2 unspecified atom stereocenters. The maximum absolute atomic E-state index is 13.3. The van der Waals surface area contributed by atoms with Crippen LogP contribution >= 0.6 is 0 Å². The molecule has 0 saturated heterocycles. The number of carbonyl (C=O) groups excluding carboxylic acids is 2. The molecule has 1 aliphatic carbocycles. The molecule has 0 bridgehead atoms. The van der Waals surface area contributed by atoms with E-state index < -0.39 is 29.9 Å². The second-order valence-corrected chi connectivity index (χ2v) is 8.92. The number of hydrogen-bond acceptors (Lipinski definition) is 4. The number of benzene rings is 3. The van der Waals surface area contributed by atoms with Crippen molar-refractivity contribution in [2.24, 2.45) is 5.92 Å². The monoisotopic (exact) mass is 474 g/mol. The fraction of sp³-hybridized carbons (Fsp3) is 0.192. The molecule has 7 nitrogen and oxygen atoms in total. The zero-order valence-corrected chi connectivity index (χ0v) is 18.3. The quantitative estimate of drug-likeness (QED) is 0.407. The van der Waals surface area contributed by atoms with Crippen molar-refractivity contribution in [3.05, 3.63) is 95.1 Å². The Kier molecular flexibility index (Phi) is 4.56. The number of imidazole rings is 1. The lowest BCUT2D eigenvalue weighted by atomic mass is 9.93. The van der Waals surface area contributed by atoms with Crippen LogP contribution in [0.5, 0.6) is 0 Å². The molecular weight excluding hydrogens is 454 g/mol. The molecule has 2 heterocycles. The number of aromatic nitrogens is 2. The normalized spacial score (nSPS) is 22.3. The van der Waals surface area contributed by atoms with E-state index in [0.717, 1.165) is 5.56 Å². The summed E-state index contributed by atoms with van der Waals surface area (Å²) in [5, 5.41) is 14.5. The molecule has 6 rings (SSSR count). The number of amides is 2. The van der Waals surface area contributed by atoms with Crippen molar-refractivity contribution < 1.29 is 23.5 Å². The number of halogens is 2. The minimum Gasteiger partial charge on any atom is -0.363 e. The highest BCUT2D eigenvalue weighted by atomic mass is 19.3. The van der Waals surface area contributed by atoms with Crippen molar-refractivity contribution >= 4 is 28.8 Å². The van der Waals surface area contributed by atoms with Crippen LogP contribution in [0.3, 0.4) is 0 Å². The molecule has 3 aromatic carbocycles. The SMILES string of the molecule is O=C(Nc1nc2ccc(C3(O)c4ccccc4C(=O)N3Cc3ccccc3)cc2[nH]1)C1CC1(F)F. The van der Waals surface area contributed by atoms with Gasteiger partial charge in [0, 0.05) is 29.7 Å². The van der Waals surface area contributed by atoms with Crippen molar-refractivity contribution in [3.8, 4) is 0 Å². The van der Waals surface area contributed by atoms with Gasteiger partial charge in [-0.05, 0) is 23.8 Å². The van der Waals surface area contributed by atoms with Gasteiger partial charge in [-0.3, -0.25) is 19.8 Å². The molecule has 1 saturated carbocycles. The van der Waals surface area contributed by atoms with Gasteiger partial charge >= 0.3 is 0 Å². The summed E-state index contributed by atoms with van der Waals surface area (Å²) in [7, 11) is 0. The lowest BCUT2D eigenvalue weighted by molar-refractivity contribution is -0.119. The number of carbonyl (C=O) groups is 2. The molecule has 4 aromatic rings. The van der Waals surface area contributed by atoms with Crippen LogP contribution in [0.25, 0.3) is 11.0 Å². The van der Waals surface area contributed by atoms with Crippen molar-refractivity contribution in [3.63, 3.8) is 0 Å². The van der Waals surface area contributed by atoms with Gasteiger partial charge in [0.05, 0.1) is 11.0 Å². The topological polar surface area (TPSA) is 98.3 Å². The van der Waals surface area contributed by atoms with Crippen LogP contribution in [-0.4, -0.2) is 37.7 Å². The van der Waals surface area contributed by atoms with Crippen molar-refractivity contribution in [1.82, 2.24) is 14.9 Å². The molecule has 2 aliphatic rings. The van der Waals surface area contributed by atoms with Gasteiger partial charge in [-0.2, -0.15) is 0 Å². The minimum atomic E-state index is -2.98. The van der Waals surface area contributed by atoms with Crippen LogP contribution in [0.1, 0.15) is 33.5 Å². The second-order valence-electron chi connectivity index (χ2n) is 8.92. The van der Waals surface area contributed by atoms with Crippen LogP contribution in [-0.2, 0) is 17.1 Å². The van der Waals surface area contributed by atoms with E-state index in [1.807, 2.05) is 30.3 Å². The van der Waals surface area contributed by atoms with E-state index in [2.05, 4.69) is 15.3 Å². The van der Waals surface area contributed by atoms with Gasteiger partial charge in [0.2, 0.25) is 11.9 Å². The van der Waals surface area contributed by atoms with Gasteiger partial charge in [-0.1, -0.05) is 54.6 Å². The van der Waals surface area contributed by atoms with E-state index in [9.17, 15) is 23.5 Å². The molecule has 1 aromatic heterocycles. The number of nitrogens with zero attached hydrogens (tertiary/aromatic N) is 2. The fourth-order valence-corrected chi connectivity index (χ4v) is 4.66. The highest BCUT2D eigenvalue weighted by Gasteiger charge is 2.61. The Morgan fingerprint density at radius 1 is 1.11 bits per heavy atom. The zero-order valence-electron chi connectivity index (χ0n) is 18.3. The maximum atomic E-state index is 13.3. The minimum absolute atomic E-state index is 0.0425. The van der Waals surface area contributed by atoms with Crippen molar-refractivity contribution in [2.45, 2.75) is 24.6 Å². The summed E-state index contributed by atoms with van der Waals surface area (Å²) in [5.41, 5.74) is 1.36. The average molecular weight is 474 g/mol. The Morgan fingerprint density at radius 2 is 1.83 bits per heavy atom. The third-order valence-corrected chi connectivity index (χ3v) is 6.62. The molecule has 176 valence electrons. The second kappa shape index (κ2) is 7.44. The molecule has 35 heavy (non-hydrogen) atoms. The standard InChI is InChI=1S/C26H20F2N4O3/c27-25(28)13-19(25)22(33)31-24-29-20-11-10-16(12-21(20)30-24)26(35)18-9-5-4-8-17(18)23(34)32(26)14-15-6-2-1-3-7-15/h1-12,19,35H,13-14H2,(H2,29,30,31,33). The number of aliphatic hydroxyl groups is 1. The Morgan fingerprint density at radius 3 is 2.57 bits per heavy atom. The number of rotatable bonds is 5. The van der Waals surface area contributed by atoms with Crippen LogP contribution in [0.4, 0.5) is 14.7 Å². The Bertz CT molecular complexity index is 1490. The zero-order chi connectivity index (χ0) is 24.4. The van der Waals surface area contributed by atoms with Gasteiger partial charge in [0.25, 0.3) is 11.8 Å². The summed E-state index contributed by atoms with van der Waals surface area (Å²) in [6.45, 7) is 0.183. The van der Waals surface area contributed by atoms with E-state index >= 15 is 0 Å². The summed E-state index contributed by atoms with van der Waals surface area (Å²) in [6.07, 6.45) is -0.471. The van der Waals surface area contributed by atoms with E-state index in [4.69, 9.17) is 0 Å². The maximum Gasteiger partial charge on any atom is 0.260 e. The first kappa shape index (κ1) is 21.4. The number of H-pyrrole nitrogens is 1. The summed E-state index contributed by atoms with van der Waals surface area (Å²) in [4.78, 5) is 34.0. The van der Waals surface area contributed by atoms with Gasteiger partial charge in [-0.25, -0.2) is 13.8 Å². The first-order valence-corrected chi connectivity index (χ1v) is 11.1. The molecule has 3 N–H and O–H groups in total. The molecule has 0 radical (unpaired) electrons. The predicted octanol–water partition coefficient (Wildman–Crippen LogP) is 4.01. The van der Waals surface area contributed by atoms with Crippen molar-refractivity contribution in [2.75, 3.05) is 5.32 Å².